The van der Waals surface area contributed by atoms with E-state index < -0.39 is 0 Å². The van der Waals surface area contributed by atoms with Crippen molar-refractivity contribution in [3.05, 3.63) is 0 Å². The lowest BCUT2D eigenvalue weighted by Crippen LogP contribution is -2.53. The first kappa shape index (κ1) is 15.0. The van der Waals surface area contributed by atoms with Crippen molar-refractivity contribution in [1.29, 1.82) is 0 Å². The van der Waals surface area contributed by atoms with Crippen LogP contribution < -0.4 is 0 Å². The Morgan fingerprint density at radius 2 is 1.88 bits per heavy atom. The van der Waals surface area contributed by atoms with Gasteiger partial charge in [-0.1, -0.05) is 20.8 Å². The number of aliphatic hydroxyl groups excluding tert-OH is 1. The Labute approximate surface area is 107 Å². The van der Waals surface area contributed by atoms with E-state index in [0.717, 1.165) is 25.2 Å². The molecule has 102 valence electrons. The summed E-state index contributed by atoms with van der Waals surface area (Å²) in [4.78, 5) is 2.51. The summed E-state index contributed by atoms with van der Waals surface area (Å²) in [5.74, 6) is 1.44. The van der Waals surface area contributed by atoms with Crippen molar-refractivity contribution in [1.82, 2.24) is 4.90 Å². The van der Waals surface area contributed by atoms with Gasteiger partial charge < -0.3 is 5.11 Å². The van der Waals surface area contributed by atoms with Gasteiger partial charge in [-0.25, -0.2) is 0 Å². The SMILES string of the molecule is CCC(C)(C)N(C)C1CC(O)CCC1C(C)C. The molecule has 17 heavy (non-hydrogen) atoms. The summed E-state index contributed by atoms with van der Waals surface area (Å²) < 4.78 is 0. The van der Waals surface area contributed by atoms with Gasteiger partial charge in [-0.15, -0.1) is 0 Å². The van der Waals surface area contributed by atoms with Gasteiger partial charge in [-0.05, 0) is 58.4 Å². The third kappa shape index (κ3) is 3.45. The second-order valence-electron chi connectivity index (χ2n) is 6.72. The van der Waals surface area contributed by atoms with Gasteiger partial charge in [0.25, 0.3) is 0 Å². The third-order valence-corrected chi connectivity index (χ3v) is 5.01. The predicted molar refractivity (Wildman–Crippen MR) is 74.1 cm³/mol. The van der Waals surface area contributed by atoms with Crippen LogP contribution in [0.3, 0.4) is 0 Å². The maximum atomic E-state index is 9.94. The van der Waals surface area contributed by atoms with Crippen molar-refractivity contribution >= 4 is 0 Å². The molecule has 0 spiro atoms. The van der Waals surface area contributed by atoms with Crippen molar-refractivity contribution in [2.45, 2.75) is 78.0 Å². The summed E-state index contributed by atoms with van der Waals surface area (Å²) in [6.45, 7) is 11.5. The Morgan fingerprint density at radius 3 is 2.35 bits per heavy atom. The molecule has 0 aromatic carbocycles. The number of hydrogen-bond acceptors (Lipinski definition) is 2. The quantitative estimate of drug-likeness (QED) is 0.816. The molecule has 1 fully saturated rings. The molecule has 0 aromatic rings. The standard InChI is InChI=1S/C15H31NO/c1-7-15(4,5)16(6)14-10-12(17)8-9-13(14)11(2)3/h11-14,17H,7-10H2,1-6H3. The van der Waals surface area contributed by atoms with Crippen LogP contribution in [0.15, 0.2) is 0 Å². The zero-order valence-corrected chi connectivity index (χ0v) is 12.5. The molecular weight excluding hydrogens is 210 g/mol. The average Bonchev–Trinajstić information content (AvgIpc) is 2.27. The lowest BCUT2D eigenvalue weighted by Gasteiger charge is -2.48. The highest BCUT2D eigenvalue weighted by molar-refractivity contribution is 4.92. The molecule has 3 atom stereocenters. The van der Waals surface area contributed by atoms with Gasteiger partial charge in [0, 0.05) is 11.6 Å². The molecule has 0 heterocycles. The largest absolute Gasteiger partial charge is 0.393 e. The minimum atomic E-state index is -0.0925. The lowest BCUT2D eigenvalue weighted by atomic mass is 9.75. The zero-order chi connectivity index (χ0) is 13.2. The highest BCUT2D eigenvalue weighted by atomic mass is 16.3. The first-order valence-corrected chi connectivity index (χ1v) is 7.20. The zero-order valence-electron chi connectivity index (χ0n) is 12.5. The van der Waals surface area contributed by atoms with Crippen LogP contribution in [0, 0.1) is 11.8 Å². The van der Waals surface area contributed by atoms with E-state index in [0.29, 0.717) is 12.0 Å². The normalized spacial score (nSPS) is 31.2. The van der Waals surface area contributed by atoms with Gasteiger partial charge >= 0.3 is 0 Å². The Morgan fingerprint density at radius 1 is 1.29 bits per heavy atom. The highest BCUT2D eigenvalue weighted by Crippen LogP contribution is 2.36. The first-order valence-electron chi connectivity index (χ1n) is 7.20. The summed E-state index contributed by atoms with van der Waals surface area (Å²) >= 11 is 0. The van der Waals surface area contributed by atoms with E-state index in [1.165, 1.54) is 6.42 Å². The van der Waals surface area contributed by atoms with E-state index in [1.54, 1.807) is 0 Å². The van der Waals surface area contributed by atoms with E-state index in [1.807, 2.05) is 0 Å². The van der Waals surface area contributed by atoms with Gasteiger partial charge in [0.1, 0.15) is 0 Å². The second-order valence-corrected chi connectivity index (χ2v) is 6.72. The first-order chi connectivity index (χ1) is 7.79. The monoisotopic (exact) mass is 241 g/mol. The smallest absolute Gasteiger partial charge is 0.0555 e. The molecule has 2 nitrogen and oxygen atoms in total. The second kappa shape index (κ2) is 5.71. The van der Waals surface area contributed by atoms with Crippen LogP contribution in [0.2, 0.25) is 0 Å². The Kier molecular flexibility index (Phi) is 5.03. The minimum Gasteiger partial charge on any atom is -0.393 e. The molecule has 1 rings (SSSR count). The minimum absolute atomic E-state index is 0.0925. The van der Waals surface area contributed by atoms with Crippen LogP contribution in [0.4, 0.5) is 0 Å². The molecule has 1 N–H and O–H groups in total. The fourth-order valence-electron chi connectivity index (χ4n) is 3.07. The predicted octanol–water partition coefficient (Wildman–Crippen LogP) is 3.29. The number of nitrogens with zero attached hydrogens (tertiary/aromatic N) is 1. The molecule has 0 radical (unpaired) electrons. The maximum Gasteiger partial charge on any atom is 0.0555 e. The molecule has 1 saturated carbocycles. The Balaban J connectivity index is 2.82. The van der Waals surface area contributed by atoms with Crippen molar-refractivity contribution in [2.24, 2.45) is 11.8 Å². The summed E-state index contributed by atoms with van der Waals surface area (Å²) in [6.07, 6.45) is 4.17. The highest BCUT2D eigenvalue weighted by Gasteiger charge is 2.38. The van der Waals surface area contributed by atoms with Gasteiger partial charge in [0.05, 0.1) is 6.10 Å². The van der Waals surface area contributed by atoms with Crippen LogP contribution in [0.1, 0.15) is 60.3 Å². The van der Waals surface area contributed by atoms with Gasteiger partial charge in [-0.3, -0.25) is 4.90 Å². The summed E-state index contributed by atoms with van der Waals surface area (Å²) in [7, 11) is 2.24. The lowest BCUT2D eigenvalue weighted by molar-refractivity contribution is -0.0183. The molecule has 0 amide bonds. The molecule has 0 aliphatic heterocycles. The third-order valence-electron chi connectivity index (χ3n) is 5.01. The van der Waals surface area contributed by atoms with Crippen LogP contribution in [0.5, 0.6) is 0 Å². The van der Waals surface area contributed by atoms with Crippen LogP contribution in [-0.2, 0) is 0 Å². The van der Waals surface area contributed by atoms with Crippen molar-refractivity contribution < 1.29 is 5.11 Å². The molecule has 0 saturated heterocycles. The van der Waals surface area contributed by atoms with Crippen molar-refractivity contribution in [2.75, 3.05) is 7.05 Å². The molecule has 1 aliphatic rings. The van der Waals surface area contributed by atoms with E-state index >= 15 is 0 Å². The summed E-state index contributed by atoms with van der Waals surface area (Å²) in [6, 6.07) is 0.536. The number of hydrogen-bond donors (Lipinski definition) is 1. The maximum absolute atomic E-state index is 9.94. The van der Waals surface area contributed by atoms with Crippen LogP contribution in [-0.4, -0.2) is 34.7 Å². The fourth-order valence-corrected chi connectivity index (χ4v) is 3.07. The summed E-state index contributed by atoms with van der Waals surface area (Å²) in [5, 5.41) is 9.94. The summed E-state index contributed by atoms with van der Waals surface area (Å²) in [5.41, 5.74) is 0.231. The van der Waals surface area contributed by atoms with E-state index in [4.69, 9.17) is 0 Å². The molecule has 3 unspecified atom stereocenters. The molecule has 0 bridgehead atoms. The van der Waals surface area contributed by atoms with Gasteiger partial charge in [0.15, 0.2) is 0 Å². The number of rotatable bonds is 4. The topological polar surface area (TPSA) is 23.5 Å². The van der Waals surface area contributed by atoms with Crippen molar-refractivity contribution in [3.8, 4) is 0 Å². The van der Waals surface area contributed by atoms with Gasteiger partial charge in [-0.2, -0.15) is 0 Å². The average molecular weight is 241 g/mol. The fraction of sp³-hybridized carbons (Fsp3) is 1.00. The van der Waals surface area contributed by atoms with E-state index in [9.17, 15) is 5.11 Å². The molecule has 2 heteroatoms. The Bertz CT molecular complexity index is 237. The molecule has 0 aromatic heterocycles. The van der Waals surface area contributed by atoms with Crippen LogP contribution >= 0.6 is 0 Å². The Hall–Kier alpha value is -0.0800. The van der Waals surface area contributed by atoms with Gasteiger partial charge in [0.2, 0.25) is 0 Å². The number of aliphatic hydroxyl groups is 1. The van der Waals surface area contributed by atoms with Crippen molar-refractivity contribution in [3.63, 3.8) is 0 Å². The van der Waals surface area contributed by atoms with E-state index in [2.05, 4.69) is 46.6 Å². The molecular formula is C15H31NO. The van der Waals surface area contributed by atoms with Crippen LogP contribution in [0.25, 0.3) is 0 Å². The molecule has 1 aliphatic carbocycles. The van der Waals surface area contributed by atoms with E-state index in [-0.39, 0.29) is 11.6 Å².